The highest BCUT2D eigenvalue weighted by atomic mass is 32.1. The van der Waals surface area contributed by atoms with Gasteiger partial charge in [-0.05, 0) is 50.1 Å². The number of thiazole rings is 1. The van der Waals surface area contributed by atoms with Gasteiger partial charge in [-0.1, -0.05) is 12.1 Å². The van der Waals surface area contributed by atoms with Crippen LogP contribution in [0.15, 0.2) is 34.7 Å². The Bertz CT molecular complexity index is 911. The topological polar surface area (TPSA) is 64.4 Å². The fourth-order valence-corrected chi connectivity index (χ4v) is 3.44. The largest absolute Gasteiger partial charge is 0.496 e. The first kappa shape index (κ1) is 17.2. The van der Waals surface area contributed by atoms with Gasteiger partial charge in [-0.2, -0.15) is 0 Å². The van der Waals surface area contributed by atoms with Gasteiger partial charge >= 0.3 is 0 Å². The molecule has 0 unspecified atom stereocenters. The van der Waals surface area contributed by atoms with E-state index in [0.29, 0.717) is 27.9 Å². The number of carbonyl (C=O) groups excluding carboxylic acids is 1. The average molecular weight is 356 g/mol. The number of benzene rings is 1. The van der Waals surface area contributed by atoms with Crippen molar-refractivity contribution in [3.63, 3.8) is 0 Å². The molecule has 0 spiro atoms. The van der Waals surface area contributed by atoms with Gasteiger partial charge in [-0.15, -0.1) is 11.3 Å². The number of aryl methyl sites for hydroxylation is 3. The number of hydrogen-bond acceptors (Lipinski definition) is 5. The highest BCUT2D eigenvalue weighted by molar-refractivity contribution is 7.17. The molecule has 3 rings (SSSR count). The first-order valence-electron chi connectivity index (χ1n) is 7.94. The Morgan fingerprint density at radius 3 is 2.72 bits per heavy atom. The van der Waals surface area contributed by atoms with Crippen LogP contribution in [-0.4, -0.2) is 18.0 Å². The third-order valence-corrected chi connectivity index (χ3v) is 5.05. The van der Waals surface area contributed by atoms with E-state index in [-0.39, 0.29) is 5.91 Å². The first-order chi connectivity index (χ1) is 12.0. The smallest absolute Gasteiger partial charge is 0.263 e. The lowest BCUT2D eigenvalue weighted by Gasteiger charge is -2.08. The van der Waals surface area contributed by atoms with E-state index in [1.807, 2.05) is 51.1 Å². The molecule has 6 heteroatoms. The predicted octanol–water partition coefficient (Wildman–Crippen LogP) is 4.27. The van der Waals surface area contributed by atoms with E-state index in [2.05, 4.69) is 10.3 Å². The molecule has 0 radical (unpaired) electrons. The maximum atomic E-state index is 12.5. The molecule has 130 valence electrons. The van der Waals surface area contributed by atoms with Gasteiger partial charge < -0.3 is 14.5 Å². The van der Waals surface area contributed by atoms with Crippen molar-refractivity contribution in [3.05, 3.63) is 57.8 Å². The van der Waals surface area contributed by atoms with E-state index in [0.717, 1.165) is 22.6 Å². The number of nitrogens with one attached hydrogen (secondary N) is 1. The van der Waals surface area contributed by atoms with Crippen molar-refractivity contribution in [1.82, 2.24) is 10.3 Å². The molecule has 0 bridgehead atoms. The monoisotopic (exact) mass is 356 g/mol. The minimum Gasteiger partial charge on any atom is -0.496 e. The molecule has 0 aliphatic heterocycles. The van der Waals surface area contributed by atoms with Crippen molar-refractivity contribution in [2.45, 2.75) is 27.3 Å². The number of aromatic nitrogens is 1. The summed E-state index contributed by atoms with van der Waals surface area (Å²) in [7, 11) is 1.64. The van der Waals surface area contributed by atoms with Crippen LogP contribution in [0.4, 0.5) is 0 Å². The van der Waals surface area contributed by atoms with Gasteiger partial charge in [0.15, 0.2) is 10.8 Å². The number of amides is 1. The second-order valence-corrected chi connectivity index (χ2v) is 6.83. The van der Waals surface area contributed by atoms with Gasteiger partial charge in [-0.3, -0.25) is 4.79 Å². The zero-order valence-electron chi connectivity index (χ0n) is 14.7. The Morgan fingerprint density at radius 1 is 1.24 bits per heavy atom. The van der Waals surface area contributed by atoms with Crippen LogP contribution >= 0.6 is 11.3 Å². The van der Waals surface area contributed by atoms with E-state index >= 15 is 0 Å². The summed E-state index contributed by atoms with van der Waals surface area (Å²) >= 11 is 1.34. The lowest BCUT2D eigenvalue weighted by atomic mass is 10.1. The van der Waals surface area contributed by atoms with Crippen LogP contribution in [0.1, 0.15) is 32.3 Å². The Labute approximate surface area is 150 Å². The van der Waals surface area contributed by atoms with Gasteiger partial charge in [0.1, 0.15) is 16.4 Å². The quantitative estimate of drug-likeness (QED) is 0.741. The number of hydrogen-bond donors (Lipinski definition) is 1. The standard InChI is InChI=1S/C19H20N2O3S/c1-11-5-7-14(9-16(11)23-4)10-20-18(22)17-13(3)21-19(25-17)15-8-6-12(2)24-15/h5-9H,10H2,1-4H3,(H,20,22). The Hall–Kier alpha value is -2.60. The third kappa shape index (κ3) is 3.74. The highest BCUT2D eigenvalue weighted by Gasteiger charge is 2.17. The number of rotatable bonds is 5. The summed E-state index contributed by atoms with van der Waals surface area (Å²) in [5, 5.41) is 3.66. The van der Waals surface area contributed by atoms with Crippen LogP contribution in [0.5, 0.6) is 5.75 Å². The number of furan rings is 1. The molecule has 2 aromatic heterocycles. The molecule has 1 N–H and O–H groups in total. The zero-order valence-corrected chi connectivity index (χ0v) is 15.5. The highest BCUT2D eigenvalue weighted by Crippen LogP contribution is 2.29. The minimum atomic E-state index is -0.135. The maximum Gasteiger partial charge on any atom is 0.263 e. The maximum absolute atomic E-state index is 12.5. The summed E-state index contributed by atoms with van der Waals surface area (Å²) in [6, 6.07) is 9.65. The van der Waals surface area contributed by atoms with Crippen LogP contribution in [0, 0.1) is 20.8 Å². The summed E-state index contributed by atoms with van der Waals surface area (Å²) in [4.78, 5) is 17.6. The van der Waals surface area contributed by atoms with Crippen molar-refractivity contribution >= 4 is 17.2 Å². The molecule has 25 heavy (non-hydrogen) atoms. The second-order valence-electron chi connectivity index (χ2n) is 5.83. The molecule has 0 saturated heterocycles. The fourth-order valence-electron chi connectivity index (χ4n) is 2.50. The van der Waals surface area contributed by atoms with Crippen LogP contribution in [-0.2, 0) is 6.54 Å². The average Bonchev–Trinajstić information content (AvgIpc) is 3.19. The van der Waals surface area contributed by atoms with E-state index in [1.165, 1.54) is 11.3 Å². The van der Waals surface area contributed by atoms with Gasteiger partial charge in [0.2, 0.25) is 0 Å². The summed E-state index contributed by atoms with van der Waals surface area (Å²) in [5.41, 5.74) is 2.75. The molecule has 5 nitrogen and oxygen atoms in total. The molecule has 1 aromatic carbocycles. The Balaban J connectivity index is 1.72. The molecular formula is C19H20N2O3S. The van der Waals surface area contributed by atoms with Gasteiger partial charge in [0.05, 0.1) is 12.8 Å². The van der Waals surface area contributed by atoms with E-state index in [1.54, 1.807) is 7.11 Å². The van der Waals surface area contributed by atoms with E-state index in [4.69, 9.17) is 9.15 Å². The van der Waals surface area contributed by atoms with Crippen LogP contribution < -0.4 is 10.1 Å². The van der Waals surface area contributed by atoms with Crippen molar-refractivity contribution in [3.8, 4) is 16.5 Å². The van der Waals surface area contributed by atoms with Crippen LogP contribution in [0.25, 0.3) is 10.8 Å². The first-order valence-corrected chi connectivity index (χ1v) is 8.75. The number of ether oxygens (including phenoxy) is 1. The molecule has 1 amide bonds. The second kappa shape index (κ2) is 7.11. The normalized spacial score (nSPS) is 10.7. The van der Waals surface area contributed by atoms with Crippen molar-refractivity contribution in [2.24, 2.45) is 0 Å². The van der Waals surface area contributed by atoms with E-state index < -0.39 is 0 Å². The van der Waals surface area contributed by atoms with Gasteiger partial charge in [-0.25, -0.2) is 4.98 Å². The number of nitrogens with zero attached hydrogens (tertiary/aromatic N) is 1. The molecule has 0 aliphatic carbocycles. The van der Waals surface area contributed by atoms with Crippen LogP contribution in [0.3, 0.4) is 0 Å². The fraction of sp³-hybridized carbons (Fsp3) is 0.263. The lowest BCUT2D eigenvalue weighted by molar-refractivity contribution is 0.0954. The minimum absolute atomic E-state index is 0.135. The van der Waals surface area contributed by atoms with E-state index in [9.17, 15) is 4.79 Å². The van der Waals surface area contributed by atoms with Crippen LogP contribution in [0.2, 0.25) is 0 Å². The molecule has 0 aliphatic rings. The van der Waals surface area contributed by atoms with Crippen molar-refractivity contribution < 1.29 is 13.9 Å². The van der Waals surface area contributed by atoms with Gasteiger partial charge in [0.25, 0.3) is 5.91 Å². The van der Waals surface area contributed by atoms with Gasteiger partial charge in [0, 0.05) is 6.54 Å². The van der Waals surface area contributed by atoms with Crippen molar-refractivity contribution in [1.29, 1.82) is 0 Å². The Kier molecular flexibility index (Phi) is 4.90. The molecule has 3 aromatic rings. The summed E-state index contributed by atoms with van der Waals surface area (Å²) in [6.45, 7) is 6.13. The molecule has 2 heterocycles. The molecule has 0 atom stereocenters. The summed E-state index contributed by atoms with van der Waals surface area (Å²) in [6.07, 6.45) is 0. The number of carbonyl (C=O) groups is 1. The Morgan fingerprint density at radius 2 is 2.04 bits per heavy atom. The predicted molar refractivity (Wildman–Crippen MR) is 98.2 cm³/mol. The summed E-state index contributed by atoms with van der Waals surface area (Å²) < 4.78 is 10.9. The molecular weight excluding hydrogens is 336 g/mol. The summed E-state index contributed by atoms with van der Waals surface area (Å²) in [5.74, 6) is 2.19. The third-order valence-electron chi connectivity index (χ3n) is 3.88. The lowest BCUT2D eigenvalue weighted by Crippen LogP contribution is -2.22. The zero-order chi connectivity index (χ0) is 18.0. The van der Waals surface area contributed by atoms with Crippen molar-refractivity contribution in [2.75, 3.05) is 7.11 Å². The molecule has 0 fully saturated rings. The SMILES string of the molecule is COc1cc(CNC(=O)c2sc(-c3ccc(C)o3)nc2C)ccc1C. The molecule has 0 saturated carbocycles. The number of methoxy groups -OCH3 is 1.